The minimum absolute atomic E-state index is 0.0699. The largest absolute Gasteiger partial charge is 0.462 e. The lowest BCUT2D eigenvalue weighted by atomic mass is 10.1. The van der Waals surface area contributed by atoms with Crippen LogP contribution in [0, 0.1) is 13.8 Å². The molecule has 0 radical (unpaired) electrons. The van der Waals surface area contributed by atoms with Crippen molar-refractivity contribution >= 4 is 11.9 Å². The fourth-order valence-electron chi connectivity index (χ4n) is 2.14. The molecule has 0 saturated carbocycles. The third-order valence-electron chi connectivity index (χ3n) is 3.29. The van der Waals surface area contributed by atoms with Gasteiger partial charge < -0.3 is 14.2 Å². The summed E-state index contributed by atoms with van der Waals surface area (Å²) >= 11 is 0. The van der Waals surface area contributed by atoms with Crippen LogP contribution < -0.4 is 5.56 Å². The van der Waals surface area contributed by atoms with Crippen LogP contribution in [0.2, 0.25) is 0 Å². The van der Waals surface area contributed by atoms with Crippen LogP contribution in [0.4, 0.5) is 0 Å². The van der Waals surface area contributed by atoms with Gasteiger partial charge in [0.2, 0.25) is 5.91 Å². The summed E-state index contributed by atoms with van der Waals surface area (Å²) in [7, 11) is 3.33. The second-order valence-electron chi connectivity index (χ2n) is 5.04. The topological polar surface area (TPSA) is 68.6 Å². The summed E-state index contributed by atoms with van der Waals surface area (Å²) in [6.45, 7) is 5.65. The minimum Gasteiger partial charge on any atom is -0.462 e. The molecule has 1 heterocycles. The molecule has 0 aliphatic heterocycles. The zero-order valence-electron chi connectivity index (χ0n) is 13.2. The molecule has 0 aliphatic carbocycles. The molecule has 0 spiro atoms. The smallest absolute Gasteiger partial charge is 0.340 e. The number of esters is 1. The van der Waals surface area contributed by atoms with E-state index in [0.717, 1.165) is 0 Å². The number of aromatic nitrogens is 1. The Bertz CT molecular complexity index is 602. The van der Waals surface area contributed by atoms with Gasteiger partial charge in [-0.25, -0.2) is 4.79 Å². The first kappa shape index (κ1) is 16.9. The Morgan fingerprint density at radius 2 is 1.90 bits per heavy atom. The van der Waals surface area contributed by atoms with Crippen LogP contribution in [0.5, 0.6) is 0 Å². The first-order valence-electron chi connectivity index (χ1n) is 6.87. The summed E-state index contributed by atoms with van der Waals surface area (Å²) in [5.74, 6) is -0.514. The van der Waals surface area contributed by atoms with Crippen molar-refractivity contribution in [1.82, 2.24) is 9.47 Å². The van der Waals surface area contributed by atoms with Crippen LogP contribution in [-0.2, 0) is 16.1 Å². The molecule has 0 unspecified atom stereocenters. The van der Waals surface area contributed by atoms with Gasteiger partial charge in [0.15, 0.2) is 0 Å². The van der Waals surface area contributed by atoms with Gasteiger partial charge in [-0.2, -0.15) is 0 Å². The standard InChI is InChI=1S/C15H22N2O4/c1-6-21-15(20)14-10(2)9-13(19)17(11(14)3)8-7-12(18)16(4)5/h9H,6-8H2,1-5H3. The average Bonchev–Trinajstić information content (AvgIpc) is 2.37. The number of carbonyl (C=O) groups excluding carboxylic acids is 2. The van der Waals surface area contributed by atoms with Gasteiger partial charge in [0, 0.05) is 38.8 Å². The van der Waals surface area contributed by atoms with Crippen molar-refractivity contribution < 1.29 is 14.3 Å². The van der Waals surface area contributed by atoms with E-state index in [-0.39, 0.29) is 31.0 Å². The number of rotatable bonds is 5. The van der Waals surface area contributed by atoms with Gasteiger partial charge in [-0.3, -0.25) is 9.59 Å². The average molecular weight is 294 g/mol. The number of hydrogen-bond donors (Lipinski definition) is 0. The zero-order chi connectivity index (χ0) is 16.2. The Hall–Kier alpha value is -2.11. The van der Waals surface area contributed by atoms with Crippen molar-refractivity contribution in [2.45, 2.75) is 33.7 Å². The van der Waals surface area contributed by atoms with E-state index in [0.29, 0.717) is 16.8 Å². The van der Waals surface area contributed by atoms with Crippen molar-refractivity contribution in [3.05, 3.63) is 33.2 Å². The summed E-state index contributed by atoms with van der Waals surface area (Å²) in [6, 6.07) is 1.40. The van der Waals surface area contributed by atoms with Crippen LogP contribution in [0.15, 0.2) is 10.9 Å². The van der Waals surface area contributed by atoms with Crippen molar-refractivity contribution in [3.63, 3.8) is 0 Å². The number of amides is 1. The molecular weight excluding hydrogens is 272 g/mol. The summed E-state index contributed by atoms with van der Waals surface area (Å²) in [5, 5.41) is 0. The molecule has 0 atom stereocenters. The zero-order valence-corrected chi connectivity index (χ0v) is 13.2. The van der Waals surface area contributed by atoms with E-state index in [1.807, 2.05) is 0 Å². The van der Waals surface area contributed by atoms with E-state index in [2.05, 4.69) is 0 Å². The Morgan fingerprint density at radius 1 is 1.29 bits per heavy atom. The fourth-order valence-corrected chi connectivity index (χ4v) is 2.14. The number of carbonyl (C=O) groups is 2. The van der Waals surface area contributed by atoms with Crippen molar-refractivity contribution in [2.75, 3.05) is 20.7 Å². The van der Waals surface area contributed by atoms with Crippen LogP contribution in [0.3, 0.4) is 0 Å². The number of pyridine rings is 1. The van der Waals surface area contributed by atoms with Gasteiger partial charge in [0.1, 0.15) is 0 Å². The predicted octanol–water partition coefficient (Wildman–Crippen LogP) is 1.12. The lowest BCUT2D eigenvalue weighted by Crippen LogP contribution is -2.29. The molecule has 1 aromatic rings. The molecule has 0 bridgehead atoms. The van der Waals surface area contributed by atoms with Crippen LogP contribution in [0.25, 0.3) is 0 Å². The van der Waals surface area contributed by atoms with Crippen LogP contribution >= 0.6 is 0 Å². The van der Waals surface area contributed by atoms with Gasteiger partial charge in [0.25, 0.3) is 5.56 Å². The second-order valence-corrected chi connectivity index (χ2v) is 5.04. The lowest BCUT2D eigenvalue weighted by molar-refractivity contribution is -0.128. The molecule has 1 aromatic heterocycles. The van der Waals surface area contributed by atoms with Gasteiger partial charge in [-0.15, -0.1) is 0 Å². The fraction of sp³-hybridized carbons (Fsp3) is 0.533. The number of nitrogens with zero attached hydrogens (tertiary/aromatic N) is 2. The van der Waals surface area contributed by atoms with Crippen molar-refractivity contribution in [1.29, 1.82) is 0 Å². The quantitative estimate of drug-likeness (QED) is 0.763. The predicted molar refractivity (Wildman–Crippen MR) is 79.4 cm³/mol. The first-order valence-corrected chi connectivity index (χ1v) is 6.87. The normalized spacial score (nSPS) is 10.3. The van der Waals surface area contributed by atoms with Crippen molar-refractivity contribution in [3.8, 4) is 0 Å². The number of aryl methyl sites for hydroxylation is 1. The lowest BCUT2D eigenvalue weighted by Gasteiger charge is -2.16. The molecule has 0 aromatic carbocycles. The molecule has 1 rings (SSSR count). The molecule has 0 N–H and O–H groups in total. The summed E-state index contributed by atoms with van der Waals surface area (Å²) in [5.41, 5.74) is 1.30. The first-order chi connectivity index (χ1) is 9.79. The third-order valence-corrected chi connectivity index (χ3v) is 3.29. The highest BCUT2D eigenvalue weighted by Crippen LogP contribution is 2.13. The van der Waals surface area contributed by atoms with E-state index in [4.69, 9.17) is 4.74 Å². The van der Waals surface area contributed by atoms with Gasteiger partial charge in [-0.1, -0.05) is 0 Å². The Labute approximate surface area is 124 Å². The Kier molecular flexibility index (Phi) is 5.69. The molecule has 6 heteroatoms. The number of hydrogen-bond acceptors (Lipinski definition) is 4. The van der Waals surface area contributed by atoms with E-state index in [1.165, 1.54) is 15.5 Å². The van der Waals surface area contributed by atoms with E-state index >= 15 is 0 Å². The molecule has 0 fully saturated rings. The summed E-state index contributed by atoms with van der Waals surface area (Å²) in [4.78, 5) is 37.2. The highest BCUT2D eigenvalue weighted by atomic mass is 16.5. The maximum Gasteiger partial charge on any atom is 0.340 e. The molecule has 0 saturated heterocycles. The van der Waals surface area contributed by atoms with E-state index in [1.54, 1.807) is 34.9 Å². The van der Waals surface area contributed by atoms with Gasteiger partial charge in [-0.05, 0) is 26.3 Å². The Morgan fingerprint density at radius 3 is 2.43 bits per heavy atom. The molecule has 116 valence electrons. The molecule has 1 amide bonds. The highest BCUT2D eigenvalue weighted by Gasteiger charge is 2.18. The van der Waals surface area contributed by atoms with Gasteiger partial charge in [0.05, 0.1) is 12.2 Å². The van der Waals surface area contributed by atoms with Gasteiger partial charge >= 0.3 is 5.97 Å². The molecular formula is C15H22N2O4. The van der Waals surface area contributed by atoms with E-state index < -0.39 is 5.97 Å². The molecule has 6 nitrogen and oxygen atoms in total. The maximum absolute atomic E-state index is 12.1. The van der Waals surface area contributed by atoms with Crippen LogP contribution in [-0.4, -0.2) is 42.0 Å². The van der Waals surface area contributed by atoms with Crippen LogP contribution in [0.1, 0.15) is 35.0 Å². The van der Waals surface area contributed by atoms with E-state index in [9.17, 15) is 14.4 Å². The Balaban J connectivity index is 3.16. The highest BCUT2D eigenvalue weighted by molar-refractivity contribution is 5.92. The second kappa shape index (κ2) is 7.06. The summed E-state index contributed by atoms with van der Waals surface area (Å²) in [6.07, 6.45) is 0.207. The monoisotopic (exact) mass is 294 g/mol. The molecule has 0 aliphatic rings. The number of ether oxygens (including phenoxy) is 1. The minimum atomic E-state index is -0.444. The SMILES string of the molecule is CCOC(=O)c1c(C)cc(=O)n(CCC(=O)N(C)C)c1C. The summed E-state index contributed by atoms with van der Waals surface area (Å²) < 4.78 is 6.46. The maximum atomic E-state index is 12.1. The molecule has 21 heavy (non-hydrogen) atoms. The van der Waals surface area contributed by atoms with Crippen molar-refractivity contribution in [2.24, 2.45) is 0 Å². The third kappa shape index (κ3) is 3.93.